The van der Waals surface area contributed by atoms with Gasteiger partial charge in [-0.3, -0.25) is 0 Å². The van der Waals surface area contributed by atoms with Gasteiger partial charge in [-0.1, -0.05) is 60.7 Å². The van der Waals surface area contributed by atoms with Gasteiger partial charge in [0, 0.05) is 16.0 Å². The van der Waals surface area contributed by atoms with Crippen LogP contribution in [-0.4, -0.2) is 35.6 Å². The number of benzene rings is 3. The lowest BCUT2D eigenvalue weighted by molar-refractivity contribution is 0.0185. The monoisotopic (exact) mass is 515 g/mol. The minimum absolute atomic E-state index is 0.0231. The van der Waals surface area contributed by atoms with Gasteiger partial charge in [-0.15, -0.1) is 0 Å². The van der Waals surface area contributed by atoms with E-state index >= 15 is 0 Å². The standard InChI is InChI=1S/C24H22INO4/c25-16-7-5-6-15(12-16)23(28)22(27)13-26-24(29)30-14-21-19-10-3-1-8-17(19)18-9-2-4-11-20(18)21/h1-12,21-23,27-28H,13-14H2,(H,26,29). The average molecular weight is 515 g/mol. The molecule has 0 saturated carbocycles. The van der Waals surface area contributed by atoms with E-state index in [2.05, 4.69) is 52.2 Å². The molecule has 0 bridgehead atoms. The van der Waals surface area contributed by atoms with E-state index in [0.29, 0.717) is 5.56 Å². The van der Waals surface area contributed by atoms with Crippen LogP contribution in [0, 0.1) is 3.57 Å². The van der Waals surface area contributed by atoms with E-state index in [0.717, 1.165) is 25.8 Å². The van der Waals surface area contributed by atoms with Crippen LogP contribution >= 0.6 is 22.6 Å². The Balaban J connectivity index is 1.34. The zero-order chi connectivity index (χ0) is 21.1. The summed E-state index contributed by atoms with van der Waals surface area (Å²) in [6.07, 6.45) is -2.84. The van der Waals surface area contributed by atoms with E-state index in [-0.39, 0.29) is 19.1 Å². The van der Waals surface area contributed by atoms with Gasteiger partial charge in [-0.05, 0) is 62.5 Å². The van der Waals surface area contributed by atoms with E-state index in [1.165, 1.54) is 0 Å². The second-order valence-electron chi connectivity index (χ2n) is 7.27. The number of aliphatic hydroxyl groups excluding tert-OH is 2. The van der Waals surface area contributed by atoms with Crippen LogP contribution < -0.4 is 5.32 Å². The molecule has 3 N–H and O–H groups in total. The zero-order valence-corrected chi connectivity index (χ0v) is 18.3. The van der Waals surface area contributed by atoms with Gasteiger partial charge in [0.15, 0.2) is 0 Å². The maximum Gasteiger partial charge on any atom is 0.407 e. The van der Waals surface area contributed by atoms with Crippen molar-refractivity contribution in [3.8, 4) is 11.1 Å². The fraction of sp³-hybridized carbons (Fsp3) is 0.208. The number of ether oxygens (including phenoxy) is 1. The average Bonchev–Trinajstić information content (AvgIpc) is 3.09. The van der Waals surface area contributed by atoms with Crippen LogP contribution in [-0.2, 0) is 4.74 Å². The predicted octanol–water partition coefficient (Wildman–Crippen LogP) is 4.22. The Morgan fingerprint density at radius 2 is 1.60 bits per heavy atom. The number of nitrogens with one attached hydrogen (secondary N) is 1. The van der Waals surface area contributed by atoms with E-state index in [1.807, 2.05) is 36.4 Å². The van der Waals surface area contributed by atoms with Crippen molar-refractivity contribution < 1.29 is 19.7 Å². The molecule has 2 unspecified atom stereocenters. The summed E-state index contributed by atoms with van der Waals surface area (Å²) in [5, 5.41) is 23.1. The van der Waals surface area contributed by atoms with Crippen LogP contribution in [0.2, 0.25) is 0 Å². The molecule has 0 fully saturated rings. The van der Waals surface area contributed by atoms with Crippen LogP contribution in [0.1, 0.15) is 28.7 Å². The number of aliphatic hydroxyl groups is 2. The maximum absolute atomic E-state index is 12.2. The first-order valence-corrected chi connectivity index (χ1v) is 10.8. The van der Waals surface area contributed by atoms with Crippen molar-refractivity contribution in [1.29, 1.82) is 0 Å². The molecule has 3 aromatic rings. The molecular weight excluding hydrogens is 493 g/mol. The smallest absolute Gasteiger partial charge is 0.407 e. The molecule has 1 aliphatic carbocycles. The molecule has 1 aliphatic rings. The van der Waals surface area contributed by atoms with Gasteiger partial charge in [0.25, 0.3) is 0 Å². The summed E-state index contributed by atoms with van der Waals surface area (Å²) < 4.78 is 6.41. The van der Waals surface area contributed by atoms with Crippen LogP contribution in [0.15, 0.2) is 72.8 Å². The molecule has 3 aromatic carbocycles. The van der Waals surface area contributed by atoms with Gasteiger partial charge in [0.1, 0.15) is 18.8 Å². The zero-order valence-electron chi connectivity index (χ0n) is 16.2. The van der Waals surface area contributed by atoms with Gasteiger partial charge in [0.2, 0.25) is 0 Å². The highest BCUT2D eigenvalue weighted by Gasteiger charge is 2.29. The second-order valence-corrected chi connectivity index (χ2v) is 8.52. The summed E-state index contributed by atoms with van der Waals surface area (Å²) in [4.78, 5) is 12.2. The number of carbonyl (C=O) groups excluding carboxylic acids is 1. The minimum atomic E-state index is -1.14. The Hall–Kier alpha value is -2.42. The third kappa shape index (κ3) is 4.35. The van der Waals surface area contributed by atoms with Crippen molar-refractivity contribution in [2.75, 3.05) is 13.2 Å². The molecule has 0 spiro atoms. The first-order valence-electron chi connectivity index (χ1n) is 9.75. The van der Waals surface area contributed by atoms with Crippen LogP contribution in [0.25, 0.3) is 11.1 Å². The molecule has 1 amide bonds. The molecule has 154 valence electrons. The van der Waals surface area contributed by atoms with Crippen molar-refractivity contribution in [2.24, 2.45) is 0 Å². The second kappa shape index (κ2) is 9.16. The van der Waals surface area contributed by atoms with E-state index in [9.17, 15) is 15.0 Å². The summed E-state index contributed by atoms with van der Waals surface area (Å²) >= 11 is 2.14. The number of alkyl carbamates (subject to hydrolysis) is 1. The Morgan fingerprint density at radius 3 is 2.23 bits per heavy atom. The first-order chi connectivity index (χ1) is 14.5. The molecule has 0 aliphatic heterocycles. The van der Waals surface area contributed by atoms with Gasteiger partial charge >= 0.3 is 6.09 Å². The Morgan fingerprint density at radius 1 is 0.967 bits per heavy atom. The topological polar surface area (TPSA) is 78.8 Å². The largest absolute Gasteiger partial charge is 0.449 e. The quantitative estimate of drug-likeness (QED) is 0.430. The number of hydrogen-bond acceptors (Lipinski definition) is 4. The third-order valence-corrected chi connectivity index (χ3v) is 6.02. The highest BCUT2D eigenvalue weighted by molar-refractivity contribution is 14.1. The van der Waals surface area contributed by atoms with Crippen molar-refractivity contribution in [2.45, 2.75) is 18.1 Å². The summed E-state index contributed by atoms with van der Waals surface area (Å²) in [5.74, 6) is -0.0231. The number of carbonyl (C=O) groups is 1. The summed E-state index contributed by atoms with van der Waals surface area (Å²) in [7, 11) is 0. The normalized spacial score (nSPS) is 14.5. The Kier molecular flexibility index (Phi) is 6.36. The lowest BCUT2D eigenvalue weighted by Crippen LogP contribution is -2.36. The van der Waals surface area contributed by atoms with Gasteiger partial charge in [-0.25, -0.2) is 4.79 Å². The molecule has 2 atom stereocenters. The molecule has 0 aromatic heterocycles. The first kappa shape index (κ1) is 20.8. The van der Waals surface area contributed by atoms with Gasteiger partial charge < -0.3 is 20.3 Å². The summed E-state index contributed by atoms with van der Waals surface area (Å²) in [6.45, 7) is 0.0959. The third-order valence-electron chi connectivity index (χ3n) is 5.35. The van der Waals surface area contributed by atoms with Crippen molar-refractivity contribution in [3.05, 3.63) is 93.1 Å². The van der Waals surface area contributed by atoms with Crippen molar-refractivity contribution in [3.63, 3.8) is 0 Å². The lowest BCUT2D eigenvalue weighted by Gasteiger charge is -2.19. The lowest BCUT2D eigenvalue weighted by atomic mass is 9.98. The molecule has 30 heavy (non-hydrogen) atoms. The Labute approximate surface area is 188 Å². The number of fused-ring (bicyclic) bond motifs is 3. The van der Waals surface area contributed by atoms with Crippen molar-refractivity contribution >= 4 is 28.7 Å². The maximum atomic E-state index is 12.2. The SMILES string of the molecule is O=C(NCC(O)C(O)c1cccc(I)c1)OCC1c2ccccc2-c2ccccc21. The van der Waals surface area contributed by atoms with Gasteiger partial charge in [-0.2, -0.15) is 0 Å². The minimum Gasteiger partial charge on any atom is -0.449 e. The molecule has 4 rings (SSSR count). The number of rotatable bonds is 6. The van der Waals surface area contributed by atoms with E-state index in [1.54, 1.807) is 12.1 Å². The summed E-state index contributed by atoms with van der Waals surface area (Å²) in [5.41, 5.74) is 5.21. The van der Waals surface area contributed by atoms with Gasteiger partial charge in [0.05, 0.1) is 0 Å². The van der Waals surface area contributed by atoms with Crippen LogP contribution in [0.4, 0.5) is 4.79 Å². The van der Waals surface area contributed by atoms with Crippen LogP contribution in [0.3, 0.4) is 0 Å². The molecular formula is C24H22INO4. The molecule has 5 nitrogen and oxygen atoms in total. The molecule has 0 saturated heterocycles. The fourth-order valence-electron chi connectivity index (χ4n) is 3.86. The van der Waals surface area contributed by atoms with E-state index < -0.39 is 18.3 Å². The fourth-order valence-corrected chi connectivity index (χ4v) is 4.43. The molecule has 0 heterocycles. The van der Waals surface area contributed by atoms with Crippen molar-refractivity contribution in [1.82, 2.24) is 5.32 Å². The predicted molar refractivity (Wildman–Crippen MR) is 123 cm³/mol. The number of halogens is 1. The van der Waals surface area contributed by atoms with E-state index in [4.69, 9.17) is 4.74 Å². The highest BCUT2D eigenvalue weighted by Crippen LogP contribution is 2.44. The number of hydrogen-bond donors (Lipinski definition) is 3. The number of amides is 1. The molecule has 0 radical (unpaired) electrons. The van der Waals surface area contributed by atoms with Crippen LogP contribution in [0.5, 0.6) is 0 Å². The molecule has 6 heteroatoms. The summed E-state index contributed by atoms with van der Waals surface area (Å²) in [6, 6.07) is 23.5. The Bertz CT molecular complexity index is 1010. The highest BCUT2D eigenvalue weighted by atomic mass is 127.